The Bertz CT molecular complexity index is 974. The molecule has 3 atom stereocenters. The van der Waals surface area contributed by atoms with Crippen molar-refractivity contribution in [2.24, 2.45) is 5.92 Å². The maximum atomic E-state index is 13.3. The third-order valence-electron chi connectivity index (χ3n) is 5.38. The smallest absolute Gasteiger partial charge is 0.318 e. The molecule has 3 amide bonds. The number of hydrogen-bond donors (Lipinski definition) is 3. The van der Waals surface area contributed by atoms with Crippen LogP contribution in [0.25, 0.3) is 0 Å². The third kappa shape index (κ3) is 2.83. The second-order valence-corrected chi connectivity index (χ2v) is 7.45. The summed E-state index contributed by atoms with van der Waals surface area (Å²) in [6, 6.07) is 10.4. The number of urea groups is 1. The first-order chi connectivity index (χ1) is 13.3. The molecular formula is C21H23N3O4. The van der Waals surface area contributed by atoms with Gasteiger partial charge in [0.1, 0.15) is 5.92 Å². The Morgan fingerprint density at radius 3 is 2.75 bits per heavy atom. The average molecular weight is 381 g/mol. The molecule has 4 rings (SSSR count). The predicted molar refractivity (Wildman–Crippen MR) is 104 cm³/mol. The highest BCUT2D eigenvalue weighted by Gasteiger charge is 2.56. The van der Waals surface area contributed by atoms with E-state index < -0.39 is 17.7 Å². The highest BCUT2D eigenvalue weighted by atomic mass is 16.5. The molecule has 1 saturated heterocycles. The lowest BCUT2D eigenvalue weighted by Crippen LogP contribution is -2.70. The van der Waals surface area contributed by atoms with E-state index in [9.17, 15) is 9.59 Å². The first-order valence-corrected chi connectivity index (χ1v) is 9.15. The summed E-state index contributed by atoms with van der Waals surface area (Å²) < 4.78 is 11.5. The molecule has 0 aliphatic carbocycles. The van der Waals surface area contributed by atoms with E-state index in [2.05, 4.69) is 16.0 Å². The van der Waals surface area contributed by atoms with Crippen molar-refractivity contribution in [3.63, 3.8) is 0 Å². The lowest BCUT2D eigenvalue weighted by molar-refractivity contribution is -0.133. The Kier molecular flexibility index (Phi) is 4.18. The van der Waals surface area contributed by atoms with Crippen LogP contribution in [0.2, 0.25) is 0 Å². The lowest BCUT2D eigenvalue weighted by Gasteiger charge is -2.49. The quantitative estimate of drug-likeness (QED) is 0.763. The van der Waals surface area contributed by atoms with Gasteiger partial charge in [-0.05, 0) is 38.5 Å². The van der Waals surface area contributed by atoms with Crippen molar-refractivity contribution in [2.75, 3.05) is 12.4 Å². The fourth-order valence-electron chi connectivity index (χ4n) is 4.05. The van der Waals surface area contributed by atoms with Gasteiger partial charge in [-0.3, -0.25) is 10.1 Å². The van der Waals surface area contributed by atoms with Crippen LogP contribution in [0.4, 0.5) is 10.5 Å². The molecule has 2 aliphatic heterocycles. The van der Waals surface area contributed by atoms with Crippen molar-refractivity contribution in [1.82, 2.24) is 10.6 Å². The van der Waals surface area contributed by atoms with Gasteiger partial charge in [-0.1, -0.05) is 29.8 Å². The summed E-state index contributed by atoms with van der Waals surface area (Å²) in [6.07, 6.45) is 0. The normalized spacial score (nSPS) is 24.9. The molecule has 2 aliphatic rings. The Hall–Kier alpha value is -3.22. The van der Waals surface area contributed by atoms with Gasteiger partial charge >= 0.3 is 6.03 Å². The number of nitrogens with one attached hydrogen (secondary N) is 3. The van der Waals surface area contributed by atoms with Crippen LogP contribution in [0, 0.1) is 19.8 Å². The number of fused-ring (bicyclic) bond motifs is 4. The Morgan fingerprint density at radius 1 is 1.25 bits per heavy atom. The summed E-state index contributed by atoms with van der Waals surface area (Å²) >= 11 is 0. The van der Waals surface area contributed by atoms with Gasteiger partial charge in [0.15, 0.2) is 17.2 Å². The van der Waals surface area contributed by atoms with Gasteiger partial charge in [-0.2, -0.15) is 0 Å². The van der Waals surface area contributed by atoms with Gasteiger partial charge < -0.3 is 20.1 Å². The molecule has 146 valence electrons. The maximum Gasteiger partial charge on any atom is 0.318 e. The molecule has 0 saturated carbocycles. The van der Waals surface area contributed by atoms with E-state index in [-0.39, 0.29) is 11.9 Å². The largest absolute Gasteiger partial charge is 0.493 e. The molecule has 2 aromatic carbocycles. The van der Waals surface area contributed by atoms with E-state index in [0.29, 0.717) is 17.1 Å². The molecule has 7 nitrogen and oxygen atoms in total. The summed E-state index contributed by atoms with van der Waals surface area (Å²) in [5, 5.41) is 8.64. The lowest BCUT2D eigenvalue weighted by atomic mass is 9.79. The summed E-state index contributed by atoms with van der Waals surface area (Å²) in [5.74, 6) is 0.173. The van der Waals surface area contributed by atoms with Crippen molar-refractivity contribution in [2.45, 2.75) is 32.5 Å². The predicted octanol–water partition coefficient (Wildman–Crippen LogP) is 3.03. The number of benzene rings is 2. The van der Waals surface area contributed by atoms with Crippen LogP contribution < -0.4 is 25.4 Å². The second kappa shape index (κ2) is 6.44. The number of rotatable bonds is 3. The molecule has 0 radical (unpaired) electrons. The third-order valence-corrected chi connectivity index (χ3v) is 5.38. The van der Waals surface area contributed by atoms with Crippen LogP contribution in [-0.2, 0) is 4.79 Å². The van der Waals surface area contributed by atoms with Gasteiger partial charge in [-0.15, -0.1) is 0 Å². The monoisotopic (exact) mass is 381 g/mol. The van der Waals surface area contributed by atoms with Gasteiger partial charge in [0.2, 0.25) is 5.91 Å². The Balaban J connectivity index is 1.74. The molecule has 0 unspecified atom stereocenters. The number of methoxy groups -OCH3 is 1. The molecular weight excluding hydrogens is 358 g/mol. The van der Waals surface area contributed by atoms with Crippen LogP contribution in [0.3, 0.4) is 0 Å². The van der Waals surface area contributed by atoms with Crippen molar-refractivity contribution in [3.8, 4) is 11.5 Å². The Labute approximate surface area is 163 Å². The number of para-hydroxylation sites is 1. The van der Waals surface area contributed by atoms with E-state index >= 15 is 0 Å². The van der Waals surface area contributed by atoms with Gasteiger partial charge in [0.25, 0.3) is 0 Å². The molecule has 2 aromatic rings. The number of anilines is 1. The van der Waals surface area contributed by atoms with E-state index in [1.54, 1.807) is 20.1 Å². The number of hydrogen-bond acceptors (Lipinski definition) is 4. The van der Waals surface area contributed by atoms with Gasteiger partial charge in [0, 0.05) is 11.3 Å². The van der Waals surface area contributed by atoms with E-state index in [4.69, 9.17) is 9.47 Å². The van der Waals surface area contributed by atoms with Crippen LogP contribution in [-0.4, -0.2) is 24.8 Å². The highest BCUT2D eigenvalue weighted by Crippen LogP contribution is 2.48. The number of carbonyl (C=O) groups is 2. The topological polar surface area (TPSA) is 88.7 Å². The van der Waals surface area contributed by atoms with Crippen molar-refractivity contribution >= 4 is 17.6 Å². The highest BCUT2D eigenvalue weighted by molar-refractivity contribution is 5.96. The summed E-state index contributed by atoms with van der Waals surface area (Å²) in [4.78, 5) is 25.5. The molecule has 0 spiro atoms. The SMILES string of the molecule is COc1cccc2c1O[C@@]1(C)NC(=O)N[C@H]2[C@@H]1C(=O)Nc1ccc(C)cc1C. The van der Waals surface area contributed by atoms with Crippen LogP contribution in [0.5, 0.6) is 11.5 Å². The second-order valence-electron chi connectivity index (χ2n) is 7.45. The fourth-order valence-corrected chi connectivity index (χ4v) is 4.05. The zero-order valence-corrected chi connectivity index (χ0v) is 16.3. The van der Waals surface area contributed by atoms with E-state index in [1.807, 2.05) is 44.2 Å². The van der Waals surface area contributed by atoms with Gasteiger partial charge in [-0.25, -0.2) is 4.79 Å². The summed E-state index contributed by atoms with van der Waals surface area (Å²) in [7, 11) is 1.56. The number of aryl methyl sites for hydroxylation is 2. The molecule has 2 heterocycles. The molecule has 2 bridgehead atoms. The summed E-state index contributed by atoms with van der Waals surface area (Å²) in [5.41, 5.74) is 2.33. The van der Waals surface area contributed by atoms with Crippen LogP contribution >= 0.6 is 0 Å². The minimum Gasteiger partial charge on any atom is -0.493 e. The zero-order chi connectivity index (χ0) is 20.1. The minimum atomic E-state index is -1.21. The molecule has 0 aromatic heterocycles. The molecule has 1 fully saturated rings. The van der Waals surface area contributed by atoms with E-state index in [1.165, 1.54) is 0 Å². The van der Waals surface area contributed by atoms with Crippen LogP contribution in [0.15, 0.2) is 36.4 Å². The van der Waals surface area contributed by atoms with Crippen molar-refractivity contribution in [1.29, 1.82) is 0 Å². The maximum absolute atomic E-state index is 13.3. The average Bonchev–Trinajstić information content (AvgIpc) is 2.62. The number of ether oxygens (including phenoxy) is 2. The first-order valence-electron chi connectivity index (χ1n) is 9.15. The first kappa shape index (κ1) is 18.2. The fraction of sp³-hybridized carbons (Fsp3) is 0.333. The van der Waals surface area contributed by atoms with Crippen LogP contribution in [0.1, 0.15) is 29.7 Å². The number of carbonyl (C=O) groups excluding carboxylic acids is 2. The zero-order valence-electron chi connectivity index (χ0n) is 16.3. The molecule has 28 heavy (non-hydrogen) atoms. The number of amides is 3. The minimum absolute atomic E-state index is 0.236. The Morgan fingerprint density at radius 2 is 2.04 bits per heavy atom. The van der Waals surface area contributed by atoms with Crippen molar-refractivity contribution in [3.05, 3.63) is 53.1 Å². The summed E-state index contributed by atoms with van der Waals surface area (Å²) in [6.45, 7) is 5.66. The standard InChI is InChI=1S/C21H23N3O4/c1-11-8-9-14(12(2)10-11)22-19(25)16-17-13-6-5-7-15(27-4)18(13)28-21(16,3)24-20(26)23-17/h5-10,16-17H,1-4H3,(H,22,25)(H2,23,24,26)/t16-,17-,21-/m1/s1. The van der Waals surface area contributed by atoms with Crippen molar-refractivity contribution < 1.29 is 19.1 Å². The van der Waals surface area contributed by atoms with E-state index in [0.717, 1.165) is 16.8 Å². The molecule has 7 heteroatoms. The molecule has 3 N–H and O–H groups in total. The van der Waals surface area contributed by atoms with Gasteiger partial charge in [0.05, 0.1) is 13.2 Å².